The van der Waals surface area contributed by atoms with Crippen molar-refractivity contribution in [2.75, 3.05) is 7.11 Å². The molecule has 0 spiro atoms. The van der Waals surface area contributed by atoms with Gasteiger partial charge in [0.05, 0.1) is 7.11 Å². The Labute approximate surface area is 167 Å². The first kappa shape index (κ1) is 18.7. The Morgan fingerprint density at radius 2 is 1.83 bits per heavy atom. The van der Waals surface area contributed by atoms with E-state index in [2.05, 4.69) is 10.1 Å². The Morgan fingerprint density at radius 1 is 0.966 bits per heavy atom. The maximum atomic E-state index is 13.3. The molecule has 4 aromatic rings. The lowest BCUT2D eigenvalue weighted by molar-refractivity contribution is 0.284. The van der Waals surface area contributed by atoms with Crippen molar-refractivity contribution in [3.8, 4) is 34.3 Å². The van der Waals surface area contributed by atoms with Crippen LogP contribution >= 0.6 is 0 Å². The number of methoxy groups -OCH3 is 1. The second-order valence-corrected chi connectivity index (χ2v) is 6.52. The number of benzene rings is 3. The Morgan fingerprint density at radius 3 is 2.62 bits per heavy atom. The standard InChI is InChI=1S/C23H19FN2O3/c1-15-6-3-4-9-19(15)23-25-22(26-29-23)17-10-11-20(21(13-17)27-2)28-14-16-7-5-8-18(24)12-16/h3-13H,14H2,1-2H3. The van der Waals surface area contributed by atoms with Gasteiger partial charge in [0.2, 0.25) is 5.82 Å². The van der Waals surface area contributed by atoms with Gasteiger partial charge in [-0.3, -0.25) is 0 Å². The predicted molar refractivity (Wildman–Crippen MR) is 107 cm³/mol. The molecule has 1 heterocycles. The lowest BCUT2D eigenvalue weighted by Gasteiger charge is -2.11. The normalized spacial score (nSPS) is 10.7. The van der Waals surface area contributed by atoms with Crippen molar-refractivity contribution in [1.82, 2.24) is 10.1 Å². The van der Waals surface area contributed by atoms with Crippen LogP contribution in [0.25, 0.3) is 22.8 Å². The summed E-state index contributed by atoms with van der Waals surface area (Å²) < 4.78 is 30.0. The first-order chi connectivity index (χ1) is 14.1. The number of nitrogens with zero attached hydrogens (tertiary/aromatic N) is 2. The van der Waals surface area contributed by atoms with Crippen LogP contribution in [0.1, 0.15) is 11.1 Å². The molecule has 0 N–H and O–H groups in total. The van der Waals surface area contributed by atoms with E-state index in [4.69, 9.17) is 14.0 Å². The van der Waals surface area contributed by atoms with E-state index in [-0.39, 0.29) is 12.4 Å². The first-order valence-corrected chi connectivity index (χ1v) is 9.09. The van der Waals surface area contributed by atoms with E-state index in [1.165, 1.54) is 12.1 Å². The molecule has 1 aromatic heterocycles. The minimum Gasteiger partial charge on any atom is -0.493 e. The van der Waals surface area contributed by atoms with E-state index in [1.807, 2.05) is 37.3 Å². The van der Waals surface area contributed by atoms with E-state index in [0.717, 1.165) is 22.3 Å². The molecular formula is C23H19FN2O3. The topological polar surface area (TPSA) is 57.4 Å². The van der Waals surface area contributed by atoms with Gasteiger partial charge in [0, 0.05) is 11.1 Å². The number of ether oxygens (including phenoxy) is 2. The minimum atomic E-state index is -0.296. The Balaban J connectivity index is 1.56. The van der Waals surface area contributed by atoms with Crippen molar-refractivity contribution in [2.24, 2.45) is 0 Å². The van der Waals surface area contributed by atoms with Crippen LogP contribution in [-0.4, -0.2) is 17.3 Å². The molecule has 4 rings (SSSR count). The summed E-state index contributed by atoms with van der Waals surface area (Å²) >= 11 is 0. The molecular weight excluding hydrogens is 371 g/mol. The van der Waals surface area contributed by atoms with Crippen molar-refractivity contribution >= 4 is 0 Å². The van der Waals surface area contributed by atoms with Gasteiger partial charge in [-0.2, -0.15) is 4.98 Å². The lowest BCUT2D eigenvalue weighted by Crippen LogP contribution is -1.98. The summed E-state index contributed by atoms with van der Waals surface area (Å²) in [5.74, 6) is 1.70. The van der Waals surface area contributed by atoms with Crippen LogP contribution in [0, 0.1) is 12.7 Å². The highest BCUT2D eigenvalue weighted by atomic mass is 19.1. The average molecular weight is 390 g/mol. The third kappa shape index (κ3) is 4.11. The SMILES string of the molecule is COc1cc(-c2noc(-c3ccccc3C)n2)ccc1OCc1cccc(F)c1. The first-order valence-electron chi connectivity index (χ1n) is 9.09. The molecule has 0 bridgehead atoms. The maximum absolute atomic E-state index is 13.3. The van der Waals surface area contributed by atoms with Gasteiger partial charge >= 0.3 is 0 Å². The number of rotatable bonds is 6. The van der Waals surface area contributed by atoms with Gasteiger partial charge in [-0.15, -0.1) is 0 Å². The number of hydrogen-bond acceptors (Lipinski definition) is 5. The highest BCUT2D eigenvalue weighted by Crippen LogP contribution is 2.33. The zero-order valence-electron chi connectivity index (χ0n) is 16.1. The predicted octanol–water partition coefficient (Wildman–Crippen LogP) is 5.44. The fourth-order valence-corrected chi connectivity index (χ4v) is 2.98. The average Bonchev–Trinajstić information content (AvgIpc) is 3.22. The quantitative estimate of drug-likeness (QED) is 0.439. The third-order valence-corrected chi connectivity index (χ3v) is 4.51. The second-order valence-electron chi connectivity index (χ2n) is 6.52. The number of aromatic nitrogens is 2. The zero-order chi connectivity index (χ0) is 20.2. The van der Waals surface area contributed by atoms with Gasteiger partial charge in [0.25, 0.3) is 5.89 Å². The van der Waals surface area contributed by atoms with E-state index < -0.39 is 0 Å². The fraction of sp³-hybridized carbons (Fsp3) is 0.130. The summed E-state index contributed by atoms with van der Waals surface area (Å²) in [5, 5.41) is 4.09. The van der Waals surface area contributed by atoms with Gasteiger partial charge in [-0.25, -0.2) is 4.39 Å². The van der Waals surface area contributed by atoms with E-state index >= 15 is 0 Å². The van der Waals surface area contributed by atoms with Gasteiger partial charge in [-0.05, 0) is 54.4 Å². The molecule has 0 saturated carbocycles. The molecule has 5 nitrogen and oxygen atoms in total. The van der Waals surface area contributed by atoms with Crippen LogP contribution < -0.4 is 9.47 Å². The summed E-state index contributed by atoms with van der Waals surface area (Å²) in [6, 6.07) is 19.5. The summed E-state index contributed by atoms with van der Waals surface area (Å²) in [7, 11) is 1.56. The Bertz CT molecular complexity index is 1140. The van der Waals surface area contributed by atoms with Crippen LogP contribution in [0.4, 0.5) is 4.39 Å². The van der Waals surface area contributed by atoms with Gasteiger partial charge in [-0.1, -0.05) is 35.5 Å². The largest absolute Gasteiger partial charge is 0.493 e. The molecule has 0 aliphatic heterocycles. The van der Waals surface area contributed by atoms with Gasteiger partial charge in [0.1, 0.15) is 12.4 Å². The lowest BCUT2D eigenvalue weighted by atomic mass is 10.1. The maximum Gasteiger partial charge on any atom is 0.258 e. The van der Waals surface area contributed by atoms with Gasteiger partial charge < -0.3 is 14.0 Å². The zero-order valence-corrected chi connectivity index (χ0v) is 16.1. The smallest absolute Gasteiger partial charge is 0.258 e. The van der Waals surface area contributed by atoms with Crippen molar-refractivity contribution in [3.63, 3.8) is 0 Å². The summed E-state index contributed by atoms with van der Waals surface area (Å²) in [6.07, 6.45) is 0. The number of aryl methyl sites for hydroxylation is 1. The molecule has 0 unspecified atom stereocenters. The number of hydrogen-bond donors (Lipinski definition) is 0. The van der Waals surface area contributed by atoms with Crippen LogP contribution in [0.3, 0.4) is 0 Å². The molecule has 0 fully saturated rings. The molecule has 0 amide bonds. The summed E-state index contributed by atoms with van der Waals surface area (Å²) in [5.41, 5.74) is 3.43. The Hall–Kier alpha value is -3.67. The molecule has 0 saturated heterocycles. The minimum absolute atomic E-state index is 0.229. The second kappa shape index (κ2) is 8.14. The van der Waals surface area contributed by atoms with Crippen molar-refractivity contribution in [2.45, 2.75) is 13.5 Å². The fourth-order valence-electron chi connectivity index (χ4n) is 2.98. The molecule has 0 radical (unpaired) electrons. The summed E-state index contributed by atoms with van der Waals surface area (Å²) in [6.45, 7) is 2.22. The number of halogens is 1. The van der Waals surface area contributed by atoms with Crippen LogP contribution in [0.5, 0.6) is 11.5 Å². The highest BCUT2D eigenvalue weighted by molar-refractivity contribution is 5.64. The monoisotopic (exact) mass is 390 g/mol. The third-order valence-electron chi connectivity index (χ3n) is 4.51. The van der Waals surface area contributed by atoms with Crippen molar-refractivity contribution in [1.29, 1.82) is 0 Å². The Kier molecular flexibility index (Phi) is 5.24. The van der Waals surface area contributed by atoms with Crippen molar-refractivity contribution < 1.29 is 18.4 Å². The molecule has 0 aliphatic carbocycles. The molecule has 29 heavy (non-hydrogen) atoms. The van der Waals surface area contributed by atoms with Gasteiger partial charge in [0.15, 0.2) is 11.5 Å². The van der Waals surface area contributed by atoms with E-state index in [0.29, 0.717) is 23.2 Å². The van der Waals surface area contributed by atoms with E-state index in [9.17, 15) is 4.39 Å². The molecule has 0 atom stereocenters. The molecule has 146 valence electrons. The van der Waals surface area contributed by atoms with Crippen LogP contribution in [-0.2, 0) is 6.61 Å². The highest BCUT2D eigenvalue weighted by Gasteiger charge is 2.14. The molecule has 3 aromatic carbocycles. The molecule has 0 aliphatic rings. The molecule has 6 heteroatoms. The van der Waals surface area contributed by atoms with Crippen LogP contribution in [0.2, 0.25) is 0 Å². The summed E-state index contributed by atoms with van der Waals surface area (Å²) in [4.78, 5) is 4.50. The van der Waals surface area contributed by atoms with Crippen LogP contribution in [0.15, 0.2) is 71.3 Å². The van der Waals surface area contributed by atoms with Crippen molar-refractivity contribution in [3.05, 3.63) is 83.7 Å². The van der Waals surface area contributed by atoms with E-state index in [1.54, 1.807) is 31.4 Å².